The molecule has 36 heavy (non-hydrogen) atoms. The van der Waals surface area contributed by atoms with E-state index >= 15 is 0 Å². The monoisotopic (exact) mass is 489 g/mol. The van der Waals surface area contributed by atoms with Gasteiger partial charge in [0.15, 0.2) is 17.3 Å². The molecule has 5 rings (SSSR count). The number of hydrogen-bond acceptors (Lipinski definition) is 6. The molecule has 188 valence electrons. The summed E-state index contributed by atoms with van der Waals surface area (Å²) >= 11 is 0. The Labute approximate surface area is 210 Å². The number of piperidine rings is 1. The standard InChI is InChI=1S/C28H31N3O5/c1-18-6-7-22(26(29-18)19-8-11-30(12-9-19)28(33)23-5-4-14-36-23)27(32)31-13-10-20-15-24(34-2)25(35-3)16-21(20)17-31/h4-7,14-16,19H,8-13,17H2,1-3H3. The lowest BCUT2D eigenvalue weighted by Gasteiger charge is -2.33. The van der Waals surface area contributed by atoms with Gasteiger partial charge in [-0.2, -0.15) is 0 Å². The number of amides is 2. The first-order valence-electron chi connectivity index (χ1n) is 12.3. The maximum atomic E-state index is 13.7. The molecule has 0 N–H and O–H groups in total. The van der Waals surface area contributed by atoms with Crippen LogP contribution in [0.1, 0.15) is 62.2 Å². The third kappa shape index (κ3) is 4.55. The fraction of sp³-hybridized carbons (Fsp3) is 0.393. The zero-order valence-electron chi connectivity index (χ0n) is 21.0. The second-order valence-electron chi connectivity index (χ2n) is 9.38. The minimum atomic E-state index is -0.0917. The predicted molar refractivity (Wildman–Crippen MR) is 134 cm³/mol. The highest BCUT2D eigenvalue weighted by Crippen LogP contribution is 2.35. The Bertz CT molecular complexity index is 1260. The molecule has 0 atom stereocenters. The molecule has 0 spiro atoms. The van der Waals surface area contributed by atoms with E-state index in [1.807, 2.05) is 41.0 Å². The van der Waals surface area contributed by atoms with Crippen LogP contribution in [0, 0.1) is 6.92 Å². The third-order valence-electron chi connectivity index (χ3n) is 7.20. The number of likely N-dealkylation sites (tertiary alicyclic amines) is 1. The fourth-order valence-electron chi connectivity index (χ4n) is 5.21. The number of nitrogens with zero attached hydrogens (tertiary/aromatic N) is 3. The van der Waals surface area contributed by atoms with Crippen LogP contribution in [0.4, 0.5) is 0 Å². The minimum Gasteiger partial charge on any atom is -0.493 e. The molecule has 1 aromatic carbocycles. The van der Waals surface area contributed by atoms with Crippen LogP contribution in [-0.2, 0) is 13.0 Å². The van der Waals surface area contributed by atoms with Crippen molar-refractivity contribution in [2.75, 3.05) is 33.9 Å². The maximum absolute atomic E-state index is 13.7. The zero-order chi connectivity index (χ0) is 25.2. The second kappa shape index (κ2) is 10.0. The van der Waals surface area contributed by atoms with Crippen LogP contribution in [0.3, 0.4) is 0 Å². The molecule has 2 aromatic heterocycles. The average Bonchev–Trinajstić information content (AvgIpc) is 3.46. The third-order valence-corrected chi connectivity index (χ3v) is 7.20. The average molecular weight is 490 g/mol. The number of carbonyl (C=O) groups excluding carboxylic acids is 2. The Morgan fingerprint density at radius 2 is 1.67 bits per heavy atom. The first-order chi connectivity index (χ1) is 17.5. The molecule has 2 aliphatic rings. The van der Waals surface area contributed by atoms with Crippen molar-refractivity contribution in [3.8, 4) is 11.5 Å². The van der Waals surface area contributed by atoms with Gasteiger partial charge in [0, 0.05) is 37.8 Å². The van der Waals surface area contributed by atoms with Gasteiger partial charge in [0.05, 0.1) is 31.7 Å². The van der Waals surface area contributed by atoms with Crippen molar-refractivity contribution in [1.29, 1.82) is 0 Å². The number of rotatable bonds is 5. The van der Waals surface area contributed by atoms with Gasteiger partial charge in [0.1, 0.15) is 0 Å². The topological polar surface area (TPSA) is 85.1 Å². The van der Waals surface area contributed by atoms with Gasteiger partial charge in [-0.25, -0.2) is 0 Å². The van der Waals surface area contributed by atoms with Gasteiger partial charge in [-0.15, -0.1) is 0 Å². The number of carbonyl (C=O) groups is 2. The van der Waals surface area contributed by atoms with Crippen molar-refractivity contribution >= 4 is 11.8 Å². The minimum absolute atomic E-state index is 0.00738. The highest BCUT2D eigenvalue weighted by atomic mass is 16.5. The molecular formula is C28H31N3O5. The van der Waals surface area contributed by atoms with E-state index in [2.05, 4.69) is 0 Å². The van der Waals surface area contributed by atoms with Gasteiger partial charge < -0.3 is 23.7 Å². The number of hydrogen-bond donors (Lipinski definition) is 0. The van der Waals surface area contributed by atoms with Gasteiger partial charge in [0.25, 0.3) is 11.8 Å². The molecule has 3 aromatic rings. The van der Waals surface area contributed by atoms with Crippen LogP contribution in [-0.4, -0.2) is 60.5 Å². The van der Waals surface area contributed by atoms with E-state index in [0.717, 1.165) is 36.2 Å². The van der Waals surface area contributed by atoms with Crippen molar-refractivity contribution in [3.63, 3.8) is 0 Å². The summed E-state index contributed by atoms with van der Waals surface area (Å²) in [5.74, 6) is 1.75. The van der Waals surface area contributed by atoms with Crippen LogP contribution >= 0.6 is 0 Å². The molecule has 0 unspecified atom stereocenters. The molecule has 8 nitrogen and oxygen atoms in total. The molecule has 2 aliphatic heterocycles. The van der Waals surface area contributed by atoms with E-state index < -0.39 is 0 Å². The van der Waals surface area contributed by atoms with E-state index in [4.69, 9.17) is 18.9 Å². The number of benzene rings is 1. The number of fused-ring (bicyclic) bond motifs is 1. The summed E-state index contributed by atoms with van der Waals surface area (Å²) in [5, 5.41) is 0. The quantitative estimate of drug-likeness (QED) is 0.534. The summed E-state index contributed by atoms with van der Waals surface area (Å²) in [6, 6.07) is 11.2. The van der Waals surface area contributed by atoms with Crippen LogP contribution in [0.25, 0.3) is 0 Å². The van der Waals surface area contributed by atoms with Crippen LogP contribution < -0.4 is 9.47 Å². The smallest absolute Gasteiger partial charge is 0.289 e. The number of furan rings is 1. The predicted octanol–water partition coefficient (Wildman–Crippen LogP) is 4.22. The summed E-state index contributed by atoms with van der Waals surface area (Å²) in [6.45, 7) is 4.30. The molecule has 0 saturated carbocycles. The summed E-state index contributed by atoms with van der Waals surface area (Å²) in [5.41, 5.74) is 4.62. The SMILES string of the molecule is COc1cc2c(cc1OC)CN(C(=O)c1ccc(C)nc1C1CCN(C(=O)c3ccco3)CC1)CC2. The Balaban J connectivity index is 1.34. The Kier molecular flexibility index (Phi) is 6.67. The molecule has 0 aliphatic carbocycles. The molecular weight excluding hydrogens is 458 g/mol. The second-order valence-corrected chi connectivity index (χ2v) is 9.38. The highest BCUT2D eigenvalue weighted by Gasteiger charge is 2.31. The molecule has 0 radical (unpaired) electrons. The lowest BCUT2D eigenvalue weighted by molar-refractivity contribution is 0.0673. The van der Waals surface area contributed by atoms with Gasteiger partial charge in [0.2, 0.25) is 0 Å². The lowest BCUT2D eigenvalue weighted by atomic mass is 9.89. The Morgan fingerprint density at radius 1 is 0.944 bits per heavy atom. The first kappa shape index (κ1) is 23.9. The molecule has 8 heteroatoms. The molecule has 1 saturated heterocycles. The molecule has 1 fully saturated rings. The van der Waals surface area contributed by atoms with Crippen molar-refractivity contribution in [1.82, 2.24) is 14.8 Å². The van der Waals surface area contributed by atoms with Crippen LogP contribution in [0.2, 0.25) is 0 Å². The molecule has 2 amide bonds. The Morgan fingerprint density at radius 3 is 2.33 bits per heavy atom. The molecule has 4 heterocycles. The largest absolute Gasteiger partial charge is 0.493 e. The van der Waals surface area contributed by atoms with Gasteiger partial charge in [-0.1, -0.05) is 0 Å². The zero-order valence-corrected chi connectivity index (χ0v) is 21.0. The number of aromatic nitrogens is 1. The number of methoxy groups -OCH3 is 2. The van der Waals surface area contributed by atoms with Crippen LogP contribution in [0.15, 0.2) is 47.1 Å². The highest BCUT2D eigenvalue weighted by molar-refractivity contribution is 5.95. The number of aryl methyl sites for hydroxylation is 1. The number of pyridine rings is 1. The van der Waals surface area contributed by atoms with Crippen molar-refractivity contribution in [3.05, 3.63) is 76.5 Å². The molecule has 0 bridgehead atoms. The normalized spacial score (nSPS) is 16.0. The van der Waals surface area contributed by atoms with Crippen molar-refractivity contribution in [2.24, 2.45) is 0 Å². The Hall–Kier alpha value is -3.81. The summed E-state index contributed by atoms with van der Waals surface area (Å²) in [4.78, 5) is 34.9. The summed E-state index contributed by atoms with van der Waals surface area (Å²) < 4.78 is 16.2. The van der Waals surface area contributed by atoms with Crippen LogP contribution in [0.5, 0.6) is 11.5 Å². The van der Waals surface area contributed by atoms with Crippen molar-refractivity contribution < 1.29 is 23.5 Å². The maximum Gasteiger partial charge on any atom is 0.289 e. The van der Waals surface area contributed by atoms with E-state index in [1.54, 1.807) is 26.4 Å². The number of ether oxygens (including phenoxy) is 2. The lowest BCUT2D eigenvalue weighted by Crippen LogP contribution is -2.39. The summed E-state index contributed by atoms with van der Waals surface area (Å²) in [7, 11) is 3.25. The van der Waals surface area contributed by atoms with Gasteiger partial charge >= 0.3 is 0 Å². The van der Waals surface area contributed by atoms with Gasteiger partial charge in [-0.05, 0) is 73.7 Å². The van der Waals surface area contributed by atoms with E-state index in [0.29, 0.717) is 49.0 Å². The van der Waals surface area contributed by atoms with E-state index in [1.165, 1.54) is 11.8 Å². The fourth-order valence-corrected chi connectivity index (χ4v) is 5.21. The van der Waals surface area contributed by atoms with Crippen molar-refractivity contribution in [2.45, 2.75) is 38.6 Å². The van der Waals surface area contributed by atoms with E-state index in [-0.39, 0.29) is 17.7 Å². The van der Waals surface area contributed by atoms with Gasteiger partial charge in [-0.3, -0.25) is 14.6 Å². The first-order valence-corrected chi connectivity index (χ1v) is 12.3. The van der Waals surface area contributed by atoms with E-state index in [9.17, 15) is 9.59 Å². The summed E-state index contributed by atoms with van der Waals surface area (Å²) in [6.07, 6.45) is 3.77.